The molecule has 1 fully saturated rings. The summed E-state index contributed by atoms with van der Waals surface area (Å²) in [5.74, 6) is -0.328. The van der Waals surface area contributed by atoms with Gasteiger partial charge in [-0.1, -0.05) is 29.8 Å². The number of anilines is 1. The van der Waals surface area contributed by atoms with Gasteiger partial charge in [0.05, 0.1) is 6.04 Å². The molecule has 1 heterocycles. The zero-order valence-electron chi connectivity index (χ0n) is 16.0. The van der Waals surface area contributed by atoms with Crippen molar-refractivity contribution in [2.75, 3.05) is 11.9 Å². The van der Waals surface area contributed by atoms with Gasteiger partial charge in [0, 0.05) is 17.9 Å². The van der Waals surface area contributed by atoms with Crippen molar-refractivity contribution in [3.05, 3.63) is 64.7 Å². The number of nitrogens with one attached hydrogen (secondary N) is 2. The predicted octanol–water partition coefficient (Wildman–Crippen LogP) is 3.91. The molecule has 27 heavy (non-hydrogen) atoms. The molecule has 0 aliphatic carbocycles. The SMILES string of the molecule is Cc1ccc(C)c([C@@H](C)NC(=O)c2cccc(NC(=O)[C@H]3CCCO3)c2)c1. The van der Waals surface area contributed by atoms with E-state index in [1.807, 2.05) is 20.8 Å². The highest BCUT2D eigenvalue weighted by atomic mass is 16.5. The molecule has 5 heteroatoms. The van der Waals surface area contributed by atoms with Gasteiger partial charge in [-0.15, -0.1) is 0 Å². The van der Waals surface area contributed by atoms with Crippen molar-refractivity contribution >= 4 is 17.5 Å². The standard InChI is InChI=1S/C22H26N2O3/c1-14-9-10-15(2)19(12-14)16(3)23-21(25)17-6-4-7-18(13-17)24-22(26)20-8-5-11-27-20/h4,6-7,9-10,12-13,16,20H,5,8,11H2,1-3H3,(H,23,25)(H,24,26)/t16-,20-/m1/s1. The summed E-state index contributed by atoms with van der Waals surface area (Å²) in [7, 11) is 0. The van der Waals surface area contributed by atoms with Crippen molar-refractivity contribution < 1.29 is 14.3 Å². The molecule has 2 aromatic rings. The third kappa shape index (κ3) is 4.74. The molecule has 1 aliphatic heterocycles. The molecule has 2 N–H and O–H groups in total. The summed E-state index contributed by atoms with van der Waals surface area (Å²) in [5.41, 5.74) is 4.52. The highest BCUT2D eigenvalue weighted by molar-refractivity contribution is 5.98. The molecule has 5 nitrogen and oxygen atoms in total. The maximum absolute atomic E-state index is 12.7. The van der Waals surface area contributed by atoms with Crippen LogP contribution < -0.4 is 10.6 Å². The predicted molar refractivity (Wildman–Crippen MR) is 106 cm³/mol. The van der Waals surface area contributed by atoms with Crippen molar-refractivity contribution in [3.8, 4) is 0 Å². The van der Waals surface area contributed by atoms with Gasteiger partial charge in [0.25, 0.3) is 11.8 Å². The summed E-state index contributed by atoms with van der Waals surface area (Å²) in [4.78, 5) is 24.9. The molecule has 1 aliphatic rings. The Morgan fingerprint density at radius 3 is 2.70 bits per heavy atom. The van der Waals surface area contributed by atoms with Crippen molar-refractivity contribution in [2.24, 2.45) is 0 Å². The normalized spacial score (nSPS) is 17.4. The summed E-state index contributed by atoms with van der Waals surface area (Å²) in [5, 5.41) is 5.88. The fourth-order valence-corrected chi connectivity index (χ4v) is 3.33. The first kappa shape index (κ1) is 19.1. The molecular weight excluding hydrogens is 340 g/mol. The Morgan fingerprint density at radius 2 is 1.96 bits per heavy atom. The Labute approximate surface area is 160 Å². The van der Waals surface area contributed by atoms with Crippen molar-refractivity contribution in [1.29, 1.82) is 0 Å². The molecule has 142 valence electrons. The Kier molecular flexibility index (Phi) is 5.91. The third-order valence-electron chi connectivity index (χ3n) is 4.86. The van der Waals surface area contributed by atoms with Crippen molar-refractivity contribution in [1.82, 2.24) is 5.32 Å². The van der Waals surface area contributed by atoms with Crippen LogP contribution in [0, 0.1) is 13.8 Å². The highest BCUT2D eigenvalue weighted by Crippen LogP contribution is 2.20. The number of aryl methyl sites for hydroxylation is 2. The third-order valence-corrected chi connectivity index (χ3v) is 4.86. The molecule has 0 bridgehead atoms. The van der Waals surface area contributed by atoms with Crippen LogP contribution in [-0.4, -0.2) is 24.5 Å². The molecule has 2 amide bonds. The second-order valence-corrected chi connectivity index (χ2v) is 7.13. The summed E-state index contributed by atoms with van der Waals surface area (Å²) in [6.45, 7) is 6.68. The van der Waals surface area contributed by atoms with Crippen LogP contribution in [0.25, 0.3) is 0 Å². The van der Waals surface area contributed by atoms with Gasteiger partial charge in [-0.25, -0.2) is 0 Å². The van der Waals surface area contributed by atoms with Gasteiger partial charge in [0.15, 0.2) is 0 Å². The fraction of sp³-hybridized carbons (Fsp3) is 0.364. The topological polar surface area (TPSA) is 67.4 Å². The molecular formula is C22H26N2O3. The van der Waals surface area contributed by atoms with Crippen LogP contribution in [0.15, 0.2) is 42.5 Å². The van der Waals surface area contributed by atoms with Crippen LogP contribution in [0.4, 0.5) is 5.69 Å². The number of hydrogen-bond acceptors (Lipinski definition) is 3. The minimum atomic E-state index is -0.396. The molecule has 0 radical (unpaired) electrons. The average molecular weight is 366 g/mol. The number of amides is 2. The van der Waals surface area contributed by atoms with Gasteiger partial charge >= 0.3 is 0 Å². The van der Waals surface area contributed by atoms with Crippen LogP contribution >= 0.6 is 0 Å². The molecule has 0 aromatic heterocycles. The smallest absolute Gasteiger partial charge is 0.253 e. The molecule has 1 saturated heterocycles. The maximum atomic E-state index is 12.7. The van der Waals surface area contributed by atoms with E-state index in [1.165, 1.54) is 0 Å². The lowest BCUT2D eigenvalue weighted by Crippen LogP contribution is -2.28. The molecule has 2 aromatic carbocycles. The van der Waals surface area contributed by atoms with Gasteiger partial charge in [0.2, 0.25) is 0 Å². The summed E-state index contributed by atoms with van der Waals surface area (Å²) in [6.07, 6.45) is 1.24. The van der Waals surface area contributed by atoms with Crippen molar-refractivity contribution in [3.63, 3.8) is 0 Å². The highest BCUT2D eigenvalue weighted by Gasteiger charge is 2.23. The van der Waals surface area contributed by atoms with Crippen LogP contribution in [0.3, 0.4) is 0 Å². The van der Waals surface area contributed by atoms with E-state index in [2.05, 4.69) is 28.8 Å². The van der Waals surface area contributed by atoms with Crippen LogP contribution in [-0.2, 0) is 9.53 Å². The summed E-state index contributed by atoms with van der Waals surface area (Å²) < 4.78 is 5.40. The lowest BCUT2D eigenvalue weighted by atomic mass is 9.99. The number of carbonyl (C=O) groups is 2. The first-order valence-electron chi connectivity index (χ1n) is 9.34. The van der Waals surface area contributed by atoms with Gasteiger partial charge in [-0.3, -0.25) is 9.59 Å². The van der Waals surface area contributed by atoms with Crippen LogP contribution in [0.5, 0.6) is 0 Å². The molecule has 0 saturated carbocycles. The van der Waals surface area contributed by atoms with E-state index in [0.717, 1.165) is 29.5 Å². The zero-order valence-corrected chi connectivity index (χ0v) is 16.0. The first-order chi connectivity index (χ1) is 12.9. The Morgan fingerprint density at radius 1 is 1.15 bits per heavy atom. The maximum Gasteiger partial charge on any atom is 0.253 e. The van der Waals surface area contributed by atoms with E-state index in [0.29, 0.717) is 17.9 Å². The minimum absolute atomic E-state index is 0.109. The van der Waals surface area contributed by atoms with E-state index in [1.54, 1.807) is 24.3 Å². The van der Waals surface area contributed by atoms with Gasteiger partial charge in [-0.2, -0.15) is 0 Å². The number of ether oxygens (including phenoxy) is 1. The fourth-order valence-electron chi connectivity index (χ4n) is 3.33. The second kappa shape index (κ2) is 8.35. The number of hydrogen-bond donors (Lipinski definition) is 2. The van der Waals surface area contributed by atoms with E-state index < -0.39 is 6.10 Å². The Balaban J connectivity index is 1.67. The quantitative estimate of drug-likeness (QED) is 0.843. The first-order valence-corrected chi connectivity index (χ1v) is 9.34. The van der Waals surface area contributed by atoms with E-state index in [4.69, 9.17) is 4.74 Å². The van der Waals surface area contributed by atoms with Gasteiger partial charge in [0.1, 0.15) is 6.10 Å². The number of rotatable bonds is 5. The molecule has 0 spiro atoms. The molecule has 0 unspecified atom stereocenters. The minimum Gasteiger partial charge on any atom is -0.368 e. The van der Waals surface area contributed by atoms with Crippen LogP contribution in [0.1, 0.15) is 52.9 Å². The lowest BCUT2D eigenvalue weighted by molar-refractivity contribution is -0.124. The molecule has 2 atom stereocenters. The Bertz CT molecular complexity index is 841. The largest absolute Gasteiger partial charge is 0.368 e. The zero-order chi connectivity index (χ0) is 19.4. The molecule has 3 rings (SSSR count). The van der Waals surface area contributed by atoms with Crippen LogP contribution in [0.2, 0.25) is 0 Å². The number of carbonyl (C=O) groups excluding carboxylic acids is 2. The van der Waals surface area contributed by atoms with E-state index in [-0.39, 0.29) is 17.9 Å². The van der Waals surface area contributed by atoms with E-state index in [9.17, 15) is 9.59 Å². The average Bonchev–Trinajstić information content (AvgIpc) is 3.18. The second-order valence-electron chi connectivity index (χ2n) is 7.13. The summed E-state index contributed by atoms with van der Waals surface area (Å²) >= 11 is 0. The van der Waals surface area contributed by atoms with Gasteiger partial charge < -0.3 is 15.4 Å². The lowest BCUT2D eigenvalue weighted by Gasteiger charge is -2.18. The van der Waals surface area contributed by atoms with E-state index >= 15 is 0 Å². The van der Waals surface area contributed by atoms with Gasteiger partial charge in [-0.05, 0) is 62.9 Å². The number of benzene rings is 2. The Hall–Kier alpha value is -2.66. The monoisotopic (exact) mass is 366 g/mol. The summed E-state index contributed by atoms with van der Waals surface area (Å²) in [6, 6.07) is 13.1. The van der Waals surface area contributed by atoms with Crippen molar-refractivity contribution in [2.45, 2.75) is 45.8 Å².